The van der Waals surface area contributed by atoms with Crippen molar-refractivity contribution in [2.75, 3.05) is 26.2 Å². The van der Waals surface area contributed by atoms with Gasteiger partial charge in [-0.15, -0.1) is 0 Å². The van der Waals surface area contributed by atoms with Crippen LogP contribution < -0.4 is 10.6 Å². The fourth-order valence-corrected chi connectivity index (χ4v) is 3.00. The first-order chi connectivity index (χ1) is 11.1. The molecule has 5 nitrogen and oxygen atoms in total. The second-order valence-electron chi connectivity index (χ2n) is 6.12. The molecule has 1 aliphatic rings. The lowest BCUT2D eigenvalue weighted by Crippen LogP contribution is -2.44. The second-order valence-corrected chi connectivity index (χ2v) is 6.12. The van der Waals surface area contributed by atoms with Gasteiger partial charge in [0.15, 0.2) is 0 Å². The lowest BCUT2D eigenvalue weighted by atomic mass is 10.0. The van der Waals surface area contributed by atoms with Gasteiger partial charge in [0.1, 0.15) is 0 Å². The van der Waals surface area contributed by atoms with Crippen molar-refractivity contribution in [1.29, 1.82) is 0 Å². The summed E-state index contributed by atoms with van der Waals surface area (Å²) in [6, 6.07) is 10.8. The van der Waals surface area contributed by atoms with Crippen molar-refractivity contribution in [3.05, 3.63) is 35.9 Å². The minimum absolute atomic E-state index is 0.00370. The number of nitrogens with one attached hydrogen (secondary N) is 2. The highest BCUT2D eigenvalue weighted by atomic mass is 16.2. The minimum atomic E-state index is -0.100. The molecule has 1 aromatic rings. The summed E-state index contributed by atoms with van der Waals surface area (Å²) in [6.45, 7) is 4.74. The van der Waals surface area contributed by atoms with Crippen LogP contribution in [0.4, 0.5) is 0 Å². The normalized spacial score (nSPS) is 16.0. The third-order valence-electron chi connectivity index (χ3n) is 4.23. The molecule has 126 valence electrons. The minimum Gasteiger partial charge on any atom is -0.356 e. The fraction of sp³-hybridized carbons (Fsp3) is 0.556. The first-order valence-corrected chi connectivity index (χ1v) is 8.44. The molecule has 0 saturated carbocycles. The quantitative estimate of drug-likeness (QED) is 0.760. The van der Waals surface area contributed by atoms with Gasteiger partial charge >= 0.3 is 0 Å². The van der Waals surface area contributed by atoms with Crippen LogP contribution in [0.5, 0.6) is 0 Å². The van der Waals surface area contributed by atoms with Gasteiger partial charge in [0, 0.05) is 32.5 Å². The molecule has 2 N–H and O–H groups in total. The van der Waals surface area contributed by atoms with Gasteiger partial charge in [-0.05, 0) is 37.9 Å². The maximum Gasteiger partial charge on any atom is 0.221 e. The van der Waals surface area contributed by atoms with Gasteiger partial charge in [0.2, 0.25) is 11.8 Å². The van der Waals surface area contributed by atoms with Crippen molar-refractivity contribution in [1.82, 2.24) is 15.5 Å². The molecule has 23 heavy (non-hydrogen) atoms. The predicted octanol–water partition coefficient (Wildman–Crippen LogP) is 1.34. The highest BCUT2D eigenvalue weighted by molar-refractivity contribution is 5.77. The number of carbonyl (C=O) groups excluding carboxylic acids is 2. The van der Waals surface area contributed by atoms with Crippen LogP contribution in [-0.2, 0) is 16.0 Å². The Morgan fingerprint density at radius 3 is 2.48 bits per heavy atom. The molecule has 0 aromatic heterocycles. The van der Waals surface area contributed by atoms with Gasteiger partial charge in [0.05, 0.1) is 0 Å². The zero-order valence-electron chi connectivity index (χ0n) is 13.9. The zero-order valence-corrected chi connectivity index (χ0v) is 13.9. The molecular formula is C18H27N3O2. The average molecular weight is 317 g/mol. The highest BCUT2D eigenvalue weighted by Gasteiger charge is 2.22. The summed E-state index contributed by atoms with van der Waals surface area (Å²) in [5, 5.41) is 5.67. The molecule has 0 radical (unpaired) electrons. The van der Waals surface area contributed by atoms with Crippen LogP contribution in [0.2, 0.25) is 0 Å². The number of benzene rings is 1. The molecule has 0 bridgehead atoms. The Bertz CT molecular complexity index is 498. The average Bonchev–Trinajstić information content (AvgIpc) is 3.06. The van der Waals surface area contributed by atoms with Crippen LogP contribution in [0.3, 0.4) is 0 Å². The van der Waals surface area contributed by atoms with Crippen LogP contribution in [0, 0.1) is 0 Å². The molecule has 0 spiro atoms. The molecular weight excluding hydrogens is 290 g/mol. The van der Waals surface area contributed by atoms with E-state index in [0.29, 0.717) is 25.6 Å². The van der Waals surface area contributed by atoms with Crippen LogP contribution in [0.1, 0.15) is 31.7 Å². The number of amides is 2. The third-order valence-corrected chi connectivity index (χ3v) is 4.23. The van der Waals surface area contributed by atoms with E-state index in [0.717, 1.165) is 19.5 Å². The molecule has 2 amide bonds. The van der Waals surface area contributed by atoms with Crippen molar-refractivity contribution < 1.29 is 9.59 Å². The smallest absolute Gasteiger partial charge is 0.221 e. The van der Waals surface area contributed by atoms with Crippen LogP contribution >= 0.6 is 0 Å². The van der Waals surface area contributed by atoms with Crippen molar-refractivity contribution in [2.45, 2.75) is 38.6 Å². The lowest BCUT2D eigenvalue weighted by molar-refractivity contribution is -0.121. The van der Waals surface area contributed by atoms with E-state index in [1.165, 1.54) is 25.3 Å². The molecule has 0 aliphatic carbocycles. The van der Waals surface area contributed by atoms with Crippen LogP contribution in [0.25, 0.3) is 0 Å². The van der Waals surface area contributed by atoms with E-state index >= 15 is 0 Å². The van der Waals surface area contributed by atoms with E-state index in [1.807, 2.05) is 6.07 Å². The summed E-state index contributed by atoms with van der Waals surface area (Å²) in [6.07, 6.45) is 3.76. The van der Waals surface area contributed by atoms with Gasteiger partial charge < -0.3 is 10.6 Å². The molecule has 1 unspecified atom stereocenters. The van der Waals surface area contributed by atoms with Gasteiger partial charge in [-0.3, -0.25) is 14.5 Å². The lowest BCUT2D eigenvalue weighted by Gasteiger charge is -2.28. The number of carbonyl (C=O) groups is 2. The van der Waals surface area contributed by atoms with Crippen LogP contribution in [0.15, 0.2) is 30.3 Å². The van der Waals surface area contributed by atoms with Gasteiger partial charge in [0.25, 0.3) is 0 Å². The molecule has 2 rings (SSSR count). The van der Waals surface area contributed by atoms with E-state index in [2.05, 4.69) is 39.8 Å². The number of hydrogen-bond acceptors (Lipinski definition) is 3. The Kier molecular flexibility index (Phi) is 7.07. The highest BCUT2D eigenvalue weighted by Crippen LogP contribution is 2.15. The Balaban J connectivity index is 1.82. The molecule has 1 fully saturated rings. The molecule has 5 heteroatoms. The maximum absolute atomic E-state index is 11.9. The Labute approximate surface area is 138 Å². The van der Waals surface area contributed by atoms with E-state index in [1.54, 1.807) is 0 Å². The van der Waals surface area contributed by atoms with Gasteiger partial charge in [-0.1, -0.05) is 30.3 Å². The van der Waals surface area contributed by atoms with Crippen molar-refractivity contribution in [2.24, 2.45) is 0 Å². The predicted molar refractivity (Wildman–Crippen MR) is 91.1 cm³/mol. The fourth-order valence-electron chi connectivity index (χ4n) is 3.00. The summed E-state index contributed by atoms with van der Waals surface area (Å²) in [7, 11) is 0. The zero-order chi connectivity index (χ0) is 16.5. The van der Waals surface area contributed by atoms with Gasteiger partial charge in [-0.2, -0.15) is 0 Å². The van der Waals surface area contributed by atoms with Crippen molar-refractivity contribution in [3.63, 3.8) is 0 Å². The maximum atomic E-state index is 11.9. The third kappa shape index (κ3) is 6.40. The summed E-state index contributed by atoms with van der Waals surface area (Å²) in [5.41, 5.74) is 1.30. The molecule has 1 aliphatic heterocycles. The van der Waals surface area contributed by atoms with Crippen LogP contribution in [-0.4, -0.2) is 48.9 Å². The van der Waals surface area contributed by atoms with E-state index in [9.17, 15) is 9.59 Å². The summed E-state index contributed by atoms with van der Waals surface area (Å²) in [5.74, 6) is -0.104. The first kappa shape index (κ1) is 17.5. The topological polar surface area (TPSA) is 61.4 Å². The number of rotatable bonds is 8. The van der Waals surface area contributed by atoms with Gasteiger partial charge in [-0.25, -0.2) is 0 Å². The number of nitrogens with zero attached hydrogens (tertiary/aromatic N) is 1. The SMILES string of the molecule is CC(=O)NCCC(=O)NCC(Cc1ccccc1)N1CCCC1. The van der Waals surface area contributed by atoms with Crippen molar-refractivity contribution >= 4 is 11.8 Å². The molecule has 1 heterocycles. The second kappa shape index (κ2) is 9.30. The Morgan fingerprint density at radius 1 is 1.13 bits per heavy atom. The standard InChI is InChI=1S/C18H27N3O2/c1-15(22)19-10-9-18(23)20-14-17(21-11-5-6-12-21)13-16-7-3-2-4-8-16/h2-4,7-8,17H,5-6,9-14H2,1H3,(H,19,22)(H,20,23). The summed E-state index contributed by atoms with van der Waals surface area (Å²) in [4.78, 5) is 25.2. The monoisotopic (exact) mass is 317 g/mol. The van der Waals surface area contributed by atoms with E-state index < -0.39 is 0 Å². The molecule has 1 aromatic carbocycles. The largest absolute Gasteiger partial charge is 0.356 e. The first-order valence-electron chi connectivity index (χ1n) is 8.44. The number of hydrogen-bond donors (Lipinski definition) is 2. The van der Waals surface area contributed by atoms with E-state index in [4.69, 9.17) is 0 Å². The summed E-state index contributed by atoms with van der Waals surface area (Å²) < 4.78 is 0. The van der Waals surface area contributed by atoms with Crippen molar-refractivity contribution in [3.8, 4) is 0 Å². The Morgan fingerprint density at radius 2 is 1.83 bits per heavy atom. The Hall–Kier alpha value is -1.88. The van der Waals surface area contributed by atoms with E-state index in [-0.39, 0.29) is 11.8 Å². The molecule has 1 saturated heterocycles. The number of likely N-dealkylation sites (tertiary alicyclic amines) is 1. The molecule has 1 atom stereocenters. The summed E-state index contributed by atoms with van der Waals surface area (Å²) >= 11 is 0.